The van der Waals surface area contributed by atoms with Crippen LogP contribution in [0.3, 0.4) is 0 Å². The summed E-state index contributed by atoms with van der Waals surface area (Å²) in [5, 5.41) is 10.6. The Kier molecular flexibility index (Phi) is 3.99. The van der Waals surface area contributed by atoms with Gasteiger partial charge >= 0.3 is 0 Å². The molecule has 2 heterocycles. The molecule has 1 aromatic rings. The Bertz CT molecular complexity index is 797. The molecule has 1 N–H and O–H groups in total. The Hall–Kier alpha value is -0.970. The normalized spacial score (nSPS) is 38.4. The number of phenolic OH excluding ortho intramolecular Hbond substituents is 1. The monoisotopic (exact) mass is 402 g/mol. The van der Waals surface area contributed by atoms with Crippen LogP contribution in [0.5, 0.6) is 11.5 Å². The van der Waals surface area contributed by atoms with Crippen LogP contribution in [0.15, 0.2) is 12.1 Å². The van der Waals surface area contributed by atoms with Crippen LogP contribution in [-0.4, -0.2) is 65.7 Å². The van der Waals surface area contributed by atoms with Gasteiger partial charge in [0.25, 0.3) is 0 Å². The van der Waals surface area contributed by atoms with Crippen LogP contribution in [0.25, 0.3) is 0 Å². The fraction of sp³-hybridized carbons (Fsp3) is 0.739. The molecule has 1 spiro atoms. The van der Waals surface area contributed by atoms with Crippen molar-refractivity contribution in [3.8, 4) is 11.5 Å². The summed E-state index contributed by atoms with van der Waals surface area (Å²) < 4.78 is 6.66. The summed E-state index contributed by atoms with van der Waals surface area (Å²) in [5.74, 6) is 3.37. The fourth-order valence-corrected chi connectivity index (χ4v) is 7.47. The third-order valence-electron chi connectivity index (χ3n) is 8.59. The van der Waals surface area contributed by atoms with E-state index in [0.717, 1.165) is 24.6 Å². The van der Waals surface area contributed by atoms with Gasteiger partial charge in [0.15, 0.2) is 11.5 Å². The number of halogens is 1. The van der Waals surface area contributed by atoms with Crippen LogP contribution < -0.4 is 4.74 Å². The van der Waals surface area contributed by atoms with E-state index in [9.17, 15) is 5.11 Å². The first-order valence-corrected chi connectivity index (χ1v) is 11.7. The quantitative estimate of drug-likeness (QED) is 0.766. The maximum Gasteiger partial charge on any atom is 0.165 e. The highest BCUT2D eigenvalue weighted by molar-refractivity contribution is 6.18. The average molecular weight is 403 g/mol. The molecule has 2 bridgehead atoms. The van der Waals surface area contributed by atoms with Crippen molar-refractivity contribution in [3.05, 3.63) is 23.3 Å². The Morgan fingerprint density at radius 2 is 2.14 bits per heavy atom. The number of hydrogen-bond acceptors (Lipinski definition) is 4. The number of ether oxygens (including phenoxy) is 1. The number of alkyl halides is 1. The molecule has 5 heteroatoms. The molecule has 1 saturated heterocycles. The number of nitrogens with zero attached hydrogens (tertiary/aromatic N) is 2. The second kappa shape index (κ2) is 6.26. The van der Waals surface area contributed by atoms with Crippen LogP contribution in [0, 0.1) is 11.8 Å². The van der Waals surface area contributed by atoms with Crippen molar-refractivity contribution in [2.45, 2.75) is 62.1 Å². The smallest absolute Gasteiger partial charge is 0.165 e. The lowest BCUT2D eigenvalue weighted by molar-refractivity contribution is -0.0847. The van der Waals surface area contributed by atoms with Crippen LogP contribution in [0.2, 0.25) is 0 Å². The third-order valence-corrected chi connectivity index (χ3v) is 8.76. The maximum absolute atomic E-state index is 10.6. The first-order valence-electron chi connectivity index (χ1n) is 11.2. The number of piperidine rings is 1. The van der Waals surface area contributed by atoms with E-state index < -0.39 is 0 Å². The number of phenols is 1. The number of benzene rings is 1. The van der Waals surface area contributed by atoms with Gasteiger partial charge in [-0.25, -0.2) is 0 Å². The number of hydrogen-bond donors (Lipinski definition) is 1. The second-order valence-corrected chi connectivity index (χ2v) is 10.3. The minimum Gasteiger partial charge on any atom is -0.504 e. The van der Waals surface area contributed by atoms with Crippen molar-refractivity contribution in [1.29, 1.82) is 0 Å². The molecule has 3 fully saturated rings. The van der Waals surface area contributed by atoms with E-state index in [4.69, 9.17) is 16.3 Å². The molecular formula is C23H31ClN2O2. The highest BCUT2D eigenvalue weighted by Crippen LogP contribution is 2.64. The van der Waals surface area contributed by atoms with Gasteiger partial charge < -0.3 is 9.84 Å². The van der Waals surface area contributed by atoms with E-state index >= 15 is 0 Å². The molecule has 2 aliphatic heterocycles. The zero-order chi connectivity index (χ0) is 19.0. The van der Waals surface area contributed by atoms with Crippen molar-refractivity contribution >= 4 is 11.6 Å². The summed E-state index contributed by atoms with van der Waals surface area (Å²) in [4.78, 5) is 5.23. The molecule has 1 aromatic carbocycles. The topological polar surface area (TPSA) is 35.9 Å². The van der Waals surface area contributed by atoms with E-state index in [0.29, 0.717) is 29.6 Å². The van der Waals surface area contributed by atoms with Crippen molar-refractivity contribution in [2.75, 3.05) is 32.6 Å². The van der Waals surface area contributed by atoms with Crippen molar-refractivity contribution in [1.82, 2.24) is 9.80 Å². The van der Waals surface area contributed by atoms with E-state index in [1.165, 1.54) is 56.3 Å². The zero-order valence-electron chi connectivity index (χ0n) is 16.7. The lowest BCUT2D eigenvalue weighted by Gasteiger charge is -2.60. The summed E-state index contributed by atoms with van der Waals surface area (Å²) in [6, 6.07) is 5.06. The predicted octanol–water partition coefficient (Wildman–Crippen LogP) is 3.38. The molecule has 0 aromatic heterocycles. The number of rotatable bonds is 5. The summed E-state index contributed by atoms with van der Waals surface area (Å²) in [5.41, 5.74) is 2.88. The molecule has 152 valence electrons. The number of likely N-dealkylation sites (N-methyl/N-ethyl adjacent to an activating group) is 1. The standard InChI is InChI=1S/C23H31ClN2O2/c1-25(11-9-24)17-6-5-16-18-12-15-4-7-19(27)21-20(15)23(16,22(17)28-21)8-10-26(18)13-14-2-3-14/h4,7,14,16-18,22,27H,2-3,5-6,8-13H2,1H3/t16?,17-,18?,22+,23?/m1/s1. The summed E-state index contributed by atoms with van der Waals surface area (Å²) in [6.45, 7) is 3.36. The van der Waals surface area contributed by atoms with E-state index in [-0.39, 0.29) is 11.5 Å². The van der Waals surface area contributed by atoms with Crippen LogP contribution in [-0.2, 0) is 11.8 Å². The van der Waals surface area contributed by atoms with Crippen molar-refractivity contribution < 1.29 is 9.84 Å². The van der Waals surface area contributed by atoms with Gasteiger partial charge in [-0.3, -0.25) is 9.80 Å². The molecule has 3 aliphatic carbocycles. The Morgan fingerprint density at radius 3 is 2.93 bits per heavy atom. The van der Waals surface area contributed by atoms with E-state index in [2.05, 4.69) is 22.9 Å². The molecule has 28 heavy (non-hydrogen) atoms. The highest BCUT2D eigenvalue weighted by atomic mass is 35.5. The number of likely N-dealkylation sites (tertiary alicyclic amines) is 1. The van der Waals surface area contributed by atoms with Crippen LogP contribution in [0.1, 0.15) is 43.2 Å². The lowest BCUT2D eigenvalue weighted by Crippen LogP contribution is -2.68. The Labute approximate surface area is 172 Å². The Morgan fingerprint density at radius 1 is 1.29 bits per heavy atom. The van der Waals surface area contributed by atoms with Crippen molar-refractivity contribution in [3.63, 3.8) is 0 Å². The van der Waals surface area contributed by atoms with Crippen molar-refractivity contribution in [2.24, 2.45) is 11.8 Å². The van der Waals surface area contributed by atoms with Gasteiger partial charge in [0, 0.05) is 42.0 Å². The van der Waals surface area contributed by atoms with Gasteiger partial charge in [0.1, 0.15) is 6.10 Å². The maximum atomic E-state index is 10.6. The van der Waals surface area contributed by atoms with Gasteiger partial charge in [-0.15, -0.1) is 11.6 Å². The van der Waals surface area contributed by atoms with E-state index in [1.807, 2.05) is 6.07 Å². The molecule has 3 unspecified atom stereocenters. The predicted molar refractivity (Wildman–Crippen MR) is 110 cm³/mol. The average Bonchev–Trinajstić information content (AvgIpc) is 3.43. The minimum absolute atomic E-state index is 0.0792. The van der Waals surface area contributed by atoms with Gasteiger partial charge in [-0.05, 0) is 75.6 Å². The van der Waals surface area contributed by atoms with Gasteiger partial charge in [-0.2, -0.15) is 0 Å². The SMILES string of the molecule is CN(CCCl)[C@@H]1CCC2C3Cc4ccc(O)c5c4C2(CCN3CC2CC2)[C@H]1O5. The Balaban J connectivity index is 1.45. The molecule has 0 amide bonds. The summed E-state index contributed by atoms with van der Waals surface area (Å²) in [6.07, 6.45) is 7.71. The molecule has 2 saturated carbocycles. The van der Waals surface area contributed by atoms with Gasteiger partial charge in [-0.1, -0.05) is 6.07 Å². The van der Waals surface area contributed by atoms with Crippen LogP contribution >= 0.6 is 11.6 Å². The zero-order valence-corrected chi connectivity index (χ0v) is 17.5. The van der Waals surface area contributed by atoms with Gasteiger partial charge in [0.05, 0.1) is 0 Å². The first-order chi connectivity index (χ1) is 13.6. The summed E-state index contributed by atoms with van der Waals surface area (Å²) >= 11 is 6.09. The largest absolute Gasteiger partial charge is 0.504 e. The molecule has 0 radical (unpaired) electrons. The van der Waals surface area contributed by atoms with E-state index in [1.54, 1.807) is 0 Å². The third kappa shape index (κ3) is 2.31. The molecular weight excluding hydrogens is 372 g/mol. The second-order valence-electron chi connectivity index (χ2n) is 9.91. The number of aromatic hydroxyl groups is 1. The minimum atomic E-state index is 0.0792. The van der Waals surface area contributed by atoms with Crippen LogP contribution in [0.4, 0.5) is 0 Å². The molecule has 4 nitrogen and oxygen atoms in total. The molecule has 5 atom stereocenters. The lowest BCUT2D eigenvalue weighted by atomic mass is 9.51. The molecule has 6 rings (SSSR count). The fourth-order valence-electron chi connectivity index (χ4n) is 7.21. The first kappa shape index (κ1) is 17.9. The molecule has 5 aliphatic rings. The highest BCUT2D eigenvalue weighted by Gasteiger charge is 2.66. The van der Waals surface area contributed by atoms with Gasteiger partial charge in [0.2, 0.25) is 0 Å². The summed E-state index contributed by atoms with van der Waals surface area (Å²) in [7, 11) is 2.19.